The lowest BCUT2D eigenvalue weighted by atomic mass is 10.2. The van der Waals surface area contributed by atoms with E-state index in [1.54, 1.807) is 18.2 Å². The average Bonchev–Trinajstić information content (AvgIpc) is 2.54. The Balaban J connectivity index is 2.19. The van der Waals surface area contributed by atoms with Gasteiger partial charge in [-0.1, -0.05) is 30.3 Å². The molecule has 2 rings (SSSR count). The molecule has 0 amide bonds. The normalized spacial score (nSPS) is 10.0. The lowest BCUT2D eigenvalue weighted by molar-refractivity contribution is 0.0600. The molecule has 110 valence electrons. The van der Waals surface area contributed by atoms with Crippen molar-refractivity contribution < 1.29 is 19.0 Å². The maximum atomic E-state index is 11.6. The van der Waals surface area contributed by atoms with Crippen LogP contribution in [0.3, 0.4) is 0 Å². The molecule has 2 aromatic carbocycles. The van der Waals surface area contributed by atoms with Gasteiger partial charge in [0, 0.05) is 0 Å². The van der Waals surface area contributed by atoms with E-state index in [4.69, 9.17) is 14.2 Å². The number of carbonyl (C=O) groups is 1. The van der Waals surface area contributed by atoms with Gasteiger partial charge in [-0.05, 0) is 30.7 Å². The molecule has 0 saturated heterocycles. The SMILES string of the molecule is CCOc1ccc(C(=O)OC)cc1OCc1ccccc1. The van der Waals surface area contributed by atoms with Crippen molar-refractivity contribution in [2.45, 2.75) is 13.5 Å². The molecule has 0 aliphatic carbocycles. The maximum Gasteiger partial charge on any atom is 0.337 e. The predicted molar refractivity (Wildman–Crippen MR) is 79.7 cm³/mol. The van der Waals surface area contributed by atoms with Crippen molar-refractivity contribution in [2.24, 2.45) is 0 Å². The van der Waals surface area contributed by atoms with Gasteiger partial charge < -0.3 is 14.2 Å². The van der Waals surface area contributed by atoms with Gasteiger partial charge in [0.05, 0.1) is 19.3 Å². The van der Waals surface area contributed by atoms with Crippen LogP contribution in [0.4, 0.5) is 0 Å². The van der Waals surface area contributed by atoms with Crippen molar-refractivity contribution >= 4 is 5.97 Å². The van der Waals surface area contributed by atoms with Gasteiger partial charge in [0.2, 0.25) is 0 Å². The van der Waals surface area contributed by atoms with Crippen LogP contribution in [0.2, 0.25) is 0 Å². The molecular weight excluding hydrogens is 268 g/mol. The Morgan fingerprint density at radius 1 is 1.00 bits per heavy atom. The number of benzene rings is 2. The summed E-state index contributed by atoms with van der Waals surface area (Å²) in [6.07, 6.45) is 0. The van der Waals surface area contributed by atoms with Gasteiger partial charge in [-0.25, -0.2) is 4.79 Å². The first kappa shape index (κ1) is 14.9. The maximum absolute atomic E-state index is 11.6. The van der Waals surface area contributed by atoms with Crippen molar-refractivity contribution in [3.8, 4) is 11.5 Å². The number of methoxy groups -OCH3 is 1. The number of carbonyl (C=O) groups excluding carboxylic acids is 1. The van der Waals surface area contributed by atoms with Crippen LogP contribution in [0.15, 0.2) is 48.5 Å². The molecule has 0 heterocycles. The lowest BCUT2D eigenvalue weighted by Gasteiger charge is -2.13. The number of hydrogen-bond acceptors (Lipinski definition) is 4. The summed E-state index contributed by atoms with van der Waals surface area (Å²) >= 11 is 0. The molecule has 0 aromatic heterocycles. The molecule has 0 spiro atoms. The smallest absolute Gasteiger partial charge is 0.337 e. The topological polar surface area (TPSA) is 44.8 Å². The second-order valence-electron chi connectivity index (χ2n) is 4.36. The van der Waals surface area contributed by atoms with Crippen LogP contribution in [-0.4, -0.2) is 19.7 Å². The lowest BCUT2D eigenvalue weighted by Crippen LogP contribution is -2.04. The highest BCUT2D eigenvalue weighted by Gasteiger charge is 2.12. The third kappa shape index (κ3) is 3.99. The first-order valence-corrected chi connectivity index (χ1v) is 6.76. The number of esters is 1. The molecule has 21 heavy (non-hydrogen) atoms. The first-order chi connectivity index (χ1) is 10.2. The minimum Gasteiger partial charge on any atom is -0.490 e. The molecule has 0 aliphatic rings. The summed E-state index contributed by atoms with van der Waals surface area (Å²) in [7, 11) is 1.35. The number of ether oxygens (including phenoxy) is 3. The predicted octanol–water partition coefficient (Wildman–Crippen LogP) is 3.45. The van der Waals surface area contributed by atoms with Crippen LogP contribution in [-0.2, 0) is 11.3 Å². The fourth-order valence-electron chi connectivity index (χ4n) is 1.88. The van der Waals surface area contributed by atoms with Gasteiger partial charge in [0.15, 0.2) is 11.5 Å². The quantitative estimate of drug-likeness (QED) is 0.763. The largest absolute Gasteiger partial charge is 0.490 e. The van der Waals surface area contributed by atoms with E-state index in [1.165, 1.54) is 7.11 Å². The summed E-state index contributed by atoms with van der Waals surface area (Å²) in [6, 6.07) is 14.8. The summed E-state index contributed by atoms with van der Waals surface area (Å²) in [5.74, 6) is 0.743. The van der Waals surface area contributed by atoms with Gasteiger partial charge in [0.25, 0.3) is 0 Å². The van der Waals surface area contributed by atoms with E-state index in [-0.39, 0.29) is 0 Å². The first-order valence-electron chi connectivity index (χ1n) is 6.76. The Morgan fingerprint density at radius 2 is 1.76 bits per heavy atom. The van der Waals surface area contributed by atoms with Gasteiger partial charge in [-0.3, -0.25) is 0 Å². The highest BCUT2D eigenvalue weighted by atomic mass is 16.5. The molecule has 2 aromatic rings. The average molecular weight is 286 g/mol. The van der Waals surface area contributed by atoms with Gasteiger partial charge in [-0.15, -0.1) is 0 Å². The molecule has 0 bridgehead atoms. The molecule has 4 nitrogen and oxygen atoms in total. The molecule has 0 fully saturated rings. The number of rotatable bonds is 6. The van der Waals surface area contributed by atoms with E-state index in [0.717, 1.165) is 5.56 Å². The Morgan fingerprint density at radius 3 is 2.43 bits per heavy atom. The molecule has 0 unspecified atom stereocenters. The van der Waals surface area contributed by atoms with Crippen molar-refractivity contribution in [2.75, 3.05) is 13.7 Å². The van der Waals surface area contributed by atoms with Crippen LogP contribution in [0.25, 0.3) is 0 Å². The van der Waals surface area contributed by atoms with Crippen LogP contribution < -0.4 is 9.47 Å². The third-order valence-electron chi connectivity index (χ3n) is 2.90. The summed E-state index contributed by atoms with van der Waals surface area (Å²) in [5.41, 5.74) is 1.48. The highest BCUT2D eigenvalue weighted by Crippen LogP contribution is 2.29. The zero-order chi connectivity index (χ0) is 15.1. The second-order valence-corrected chi connectivity index (χ2v) is 4.36. The van der Waals surface area contributed by atoms with E-state index >= 15 is 0 Å². The fourth-order valence-corrected chi connectivity index (χ4v) is 1.88. The summed E-state index contributed by atoms with van der Waals surface area (Å²) in [6.45, 7) is 2.83. The monoisotopic (exact) mass is 286 g/mol. The highest BCUT2D eigenvalue weighted by molar-refractivity contribution is 5.90. The van der Waals surface area contributed by atoms with Crippen LogP contribution in [0.1, 0.15) is 22.8 Å². The molecule has 0 aliphatic heterocycles. The van der Waals surface area contributed by atoms with Crippen LogP contribution in [0.5, 0.6) is 11.5 Å². The van der Waals surface area contributed by atoms with E-state index < -0.39 is 5.97 Å². The van der Waals surface area contributed by atoms with Gasteiger partial charge in [0.1, 0.15) is 6.61 Å². The summed E-state index contributed by atoms with van der Waals surface area (Å²) < 4.78 is 16.0. The summed E-state index contributed by atoms with van der Waals surface area (Å²) in [4.78, 5) is 11.6. The van der Waals surface area contributed by atoms with E-state index in [0.29, 0.717) is 30.3 Å². The van der Waals surface area contributed by atoms with E-state index in [2.05, 4.69) is 0 Å². The van der Waals surface area contributed by atoms with Crippen molar-refractivity contribution in [3.63, 3.8) is 0 Å². The zero-order valence-corrected chi connectivity index (χ0v) is 12.2. The van der Waals surface area contributed by atoms with E-state index in [1.807, 2.05) is 37.3 Å². The van der Waals surface area contributed by atoms with Gasteiger partial charge >= 0.3 is 5.97 Å². The summed E-state index contributed by atoms with van der Waals surface area (Å²) in [5, 5.41) is 0. The molecule has 0 saturated carbocycles. The number of hydrogen-bond donors (Lipinski definition) is 0. The molecule has 0 N–H and O–H groups in total. The van der Waals surface area contributed by atoms with Crippen LogP contribution in [0, 0.1) is 0 Å². The Hall–Kier alpha value is -2.49. The second kappa shape index (κ2) is 7.33. The Kier molecular flexibility index (Phi) is 5.21. The van der Waals surface area contributed by atoms with Crippen LogP contribution >= 0.6 is 0 Å². The Bertz CT molecular complexity index is 593. The minimum absolute atomic E-state index is 0.400. The zero-order valence-electron chi connectivity index (χ0n) is 12.2. The third-order valence-corrected chi connectivity index (χ3v) is 2.90. The standard InChI is InChI=1S/C17H18O4/c1-3-20-15-10-9-14(17(18)19-2)11-16(15)21-12-13-7-5-4-6-8-13/h4-11H,3,12H2,1-2H3. The Labute approximate surface area is 124 Å². The van der Waals surface area contributed by atoms with E-state index in [9.17, 15) is 4.79 Å². The van der Waals surface area contributed by atoms with Gasteiger partial charge in [-0.2, -0.15) is 0 Å². The molecular formula is C17H18O4. The van der Waals surface area contributed by atoms with Crippen molar-refractivity contribution in [3.05, 3.63) is 59.7 Å². The van der Waals surface area contributed by atoms with Crippen molar-refractivity contribution in [1.82, 2.24) is 0 Å². The van der Waals surface area contributed by atoms with Crippen molar-refractivity contribution in [1.29, 1.82) is 0 Å². The fraction of sp³-hybridized carbons (Fsp3) is 0.235. The molecule has 0 radical (unpaired) electrons. The minimum atomic E-state index is -0.400. The molecule has 4 heteroatoms. The molecule has 0 atom stereocenters.